The first-order valence-electron chi connectivity index (χ1n) is 38.0. The molecule has 650 valence electrons. The number of aromatic amines is 1. The zero-order valence-electron chi connectivity index (χ0n) is 66.2. The maximum Gasteiger partial charge on any atom is 0.329 e. The van der Waals surface area contributed by atoms with E-state index in [1.165, 1.54) is 30.3 Å². The van der Waals surface area contributed by atoms with Gasteiger partial charge >= 0.3 is 29.8 Å². The number of benzene rings is 3. The number of carbonyl (C=O) groups is 20. The van der Waals surface area contributed by atoms with Crippen LogP contribution < -0.4 is 86.3 Å². The number of carboxylic acid groups (broad SMARTS) is 4. The lowest BCUT2D eigenvalue weighted by Crippen LogP contribution is -2.62. The first kappa shape index (κ1) is 96.8. The van der Waals surface area contributed by atoms with Crippen molar-refractivity contribution in [1.82, 2.24) is 74.1 Å². The smallest absolute Gasteiger partial charge is 0.329 e. The van der Waals surface area contributed by atoms with Crippen molar-refractivity contribution < 1.29 is 126 Å². The number of hydrogen-bond donors (Lipinski definition) is 22. The SMILES string of the molecule is CCCCCc1ccc(/C(C)=C/C(=O)N[C@@H](Cc2c[nH]c3ccccc23)C(=O)N[C@H](CC(N)=O)C(=O)N[C@@H](CC(=O)O)C(=O)NC2C(=O)NCC(=O)N[C@@H](CCCN)C(=O)NC(CC(=O)O)C(=O)N[C@H](C)C(=O)N[C@@H](CC(=O)O)C(=O)NCC(=O)N[C@H](CO)C(=O)NC([C@H](C)CC(=O)O)C(=O)N[C@@H](CC(=O)c3ccccc3N)C(=O)OC2C)cc1. The molecule has 43 heteroatoms. The van der Waals surface area contributed by atoms with Crippen molar-refractivity contribution in [2.75, 3.05) is 32.0 Å². The summed E-state index contributed by atoms with van der Waals surface area (Å²) in [4.78, 5) is 278. The standard InChI is InChI=1S/C77H101N17O26/c1-6-7-8-14-41-20-22-42(23-21-41)37(2)25-58(98)86-49(27-43-33-81-47-18-12-10-15-44(43)47)71(113)89-50(29-57(80)97)72(114)91-53(32-64(107)108)73(115)94-66-40(5)120-77(119)54(28-56(96)45-16-9-11-17-46(45)79)92-76(118)65(38(3)26-61(101)102)93-74(116)55(36-95)87-60(100)34-82-68(110)51(30-62(103)104)88-67(109)39(4)84-70(112)52(31-63(105)106)90-69(111)48(19-13-24-78)85-59(99)35-83-75(66)117/h9-12,15-18,20-23,25,33,38-40,48-55,65-66,81,95H,6-8,13-14,19,24,26-32,34-36,78-79H2,1-5H3,(H2,80,97)(H,82,110)(H,83,117)(H,84,112)(H,85,99)(H,86,98)(H,87,100)(H,88,109)(H,89,113)(H,90,111)(H,91,114)(H,92,118)(H,93,116)(H,94,115)(H,101,102)(H,103,104)(H,105,106)(H,107,108)/b37-25+/t38-,39-,40?,48+,49+,50-,51+,52?,53+,54+,55-,65?,66?/m1/s1. The van der Waals surface area contributed by atoms with Gasteiger partial charge in [0.2, 0.25) is 82.7 Å². The summed E-state index contributed by atoms with van der Waals surface area (Å²) in [6.07, 6.45) is -3.41. The number of unbranched alkanes of at least 4 members (excludes halogenated alkanes) is 2. The number of esters is 1. The van der Waals surface area contributed by atoms with Crippen LogP contribution in [0, 0.1) is 5.92 Å². The summed E-state index contributed by atoms with van der Waals surface area (Å²) in [5.74, 6) is -30.2. The summed E-state index contributed by atoms with van der Waals surface area (Å²) in [6.45, 7) is 2.75. The predicted octanol–water partition coefficient (Wildman–Crippen LogP) is -4.93. The normalized spacial score (nSPS) is 20.9. The third-order valence-corrected chi connectivity index (χ3v) is 18.7. The lowest BCUT2D eigenvalue weighted by molar-refractivity contribution is -0.156. The number of aliphatic carboxylic acids is 4. The lowest BCUT2D eigenvalue weighted by atomic mass is 9.96. The van der Waals surface area contributed by atoms with Crippen molar-refractivity contribution in [2.45, 2.75) is 191 Å². The molecule has 1 fully saturated rings. The molecule has 120 heavy (non-hydrogen) atoms. The molecule has 1 aliphatic heterocycles. The molecule has 1 aliphatic rings. The Labute approximate surface area is 685 Å². The monoisotopic (exact) mass is 1680 g/mol. The topological polar surface area (TPSA) is 702 Å². The van der Waals surface area contributed by atoms with E-state index < -0.39 is 261 Å². The molecule has 0 spiro atoms. The molecule has 43 nitrogen and oxygen atoms in total. The molecular formula is C77H101N17O26. The van der Waals surface area contributed by atoms with Crippen LogP contribution in [-0.2, 0) is 109 Å². The minimum atomic E-state index is -2.47. The number of aliphatic hydroxyl groups is 1. The van der Waals surface area contributed by atoms with Gasteiger partial charge in [0.05, 0.1) is 51.8 Å². The number of allylic oxidation sites excluding steroid dienone is 1. The highest BCUT2D eigenvalue weighted by Crippen LogP contribution is 2.22. The second kappa shape index (κ2) is 47.5. The molecule has 13 atom stereocenters. The van der Waals surface area contributed by atoms with Gasteiger partial charge in [0.25, 0.3) is 0 Å². The van der Waals surface area contributed by atoms with Crippen LogP contribution in [0.25, 0.3) is 16.5 Å². The molecule has 14 amide bonds. The van der Waals surface area contributed by atoms with Gasteiger partial charge in [-0.15, -0.1) is 0 Å². The first-order chi connectivity index (χ1) is 56.7. The van der Waals surface area contributed by atoms with Crippen LogP contribution in [0.5, 0.6) is 0 Å². The highest BCUT2D eigenvalue weighted by atomic mass is 16.5. The highest BCUT2D eigenvalue weighted by Gasteiger charge is 2.41. The summed E-state index contributed by atoms with van der Waals surface area (Å²) in [6, 6.07) is -3.37. The van der Waals surface area contributed by atoms with Crippen LogP contribution in [0.1, 0.15) is 132 Å². The molecule has 0 aliphatic carbocycles. The third kappa shape index (κ3) is 31.4. The first-order valence-corrected chi connectivity index (χ1v) is 38.0. The number of nitrogens with two attached hydrogens (primary N) is 3. The number of ether oxygens (including phenoxy) is 1. The number of fused-ring (bicyclic) bond motifs is 1. The van der Waals surface area contributed by atoms with Crippen LogP contribution in [0.15, 0.2) is 85.1 Å². The molecule has 5 rings (SSSR count). The Morgan fingerprint density at radius 2 is 1.13 bits per heavy atom. The quantitative estimate of drug-likeness (QED) is 0.00699. The van der Waals surface area contributed by atoms with Crippen molar-refractivity contribution in [3.63, 3.8) is 0 Å². The van der Waals surface area contributed by atoms with Crippen molar-refractivity contribution in [3.05, 3.63) is 107 Å². The number of cyclic esters (lactones) is 1. The van der Waals surface area contributed by atoms with Crippen LogP contribution >= 0.6 is 0 Å². The number of carboxylic acids is 4. The van der Waals surface area contributed by atoms with Crippen molar-refractivity contribution in [1.29, 1.82) is 0 Å². The zero-order valence-corrected chi connectivity index (χ0v) is 66.2. The van der Waals surface area contributed by atoms with Gasteiger partial charge in [-0.1, -0.05) is 81.3 Å². The summed E-state index contributed by atoms with van der Waals surface area (Å²) < 4.78 is 5.69. The second-order valence-electron chi connectivity index (χ2n) is 28.3. The Balaban J connectivity index is 1.61. The molecule has 1 aromatic heterocycles. The number of para-hydroxylation sites is 2. The van der Waals surface area contributed by atoms with Gasteiger partial charge in [-0.25, -0.2) is 4.79 Å². The number of nitrogen functional groups attached to an aromatic ring is 1. The second-order valence-corrected chi connectivity index (χ2v) is 28.3. The molecule has 0 bridgehead atoms. The van der Waals surface area contributed by atoms with Gasteiger partial charge in [0.15, 0.2) is 5.78 Å². The molecule has 4 aromatic rings. The number of amides is 14. The number of primary amides is 1. The average Bonchev–Trinajstić information content (AvgIpc) is 1.76. The summed E-state index contributed by atoms with van der Waals surface area (Å²) in [5, 5.41) is 78.7. The van der Waals surface area contributed by atoms with Gasteiger partial charge in [-0.2, -0.15) is 0 Å². The highest BCUT2D eigenvalue weighted by molar-refractivity contribution is 6.06. The molecule has 3 aromatic carbocycles. The van der Waals surface area contributed by atoms with E-state index in [-0.39, 0.29) is 30.6 Å². The number of carbonyl (C=O) groups excluding carboxylic acids is 16. The van der Waals surface area contributed by atoms with E-state index in [2.05, 4.69) is 65.1 Å². The van der Waals surface area contributed by atoms with E-state index >= 15 is 0 Å². The number of aliphatic hydroxyl groups excluding tert-OH is 1. The van der Waals surface area contributed by atoms with Gasteiger partial charge in [-0.3, -0.25) is 91.1 Å². The Bertz CT molecular complexity index is 4490. The fraction of sp³-hybridized carbons (Fsp3) is 0.455. The van der Waals surface area contributed by atoms with E-state index in [1.54, 1.807) is 37.4 Å². The van der Waals surface area contributed by atoms with Gasteiger partial charge in [0.1, 0.15) is 72.6 Å². The van der Waals surface area contributed by atoms with Crippen molar-refractivity contribution in [3.8, 4) is 0 Å². The van der Waals surface area contributed by atoms with E-state index in [0.717, 1.165) is 52.0 Å². The number of H-pyrrole nitrogens is 1. The summed E-state index contributed by atoms with van der Waals surface area (Å²) in [7, 11) is 0. The summed E-state index contributed by atoms with van der Waals surface area (Å²) in [5.41, 5.74) is 20.3. The van der Waals surface area contributed by atoms with Gasteiger partial charge in [0, 0.05) is 47.3 Å². The maximum absolute atomic E-state index is 14.9. The number of rotatable bonds is 33. The van der Waals surface area contributed by atoms with Gasteiger partial charge in [-0.05, 0) is 99.4 Å². The average molecular weight is 1680 g/mol. The van der Waals surface area contributed by atoms with Crippen LogP contribution in [-0.4, -0.2) is 248 Å². The number of ketones is 1. The van der Waals surface area contributed by atoms with Gasteiger partial charge < -0.3 is 122 Å². The number of hydrogen-bond acceptors (Lipinski definition) is 24. The van der Waals surface area contributed by atoms with Crippen molar-refractivity contribution >= 4 is 140 Å². The van der Waals surface area contributed by atoms with E-state index in [4.69, 9.17) is 21.9 Å². The molecule has 25 N–H and O–H groups in total. The zero-order chi connectivity index (χ0) is 89.2. The van der Waals surface area contributed by atoms with Crippen LogP contribution in [0.2, 0.25) is 0 Å². The number of anilines is 1. The third-order valence-electron chi connectivity index (χ3n) is 18.7. The number of Topliss-reactive ketones (excluding diaryl/α,β-unsaturated/α-hetero) is 1. The van der Waals surface area contributed by atoms with Crippen LogP contribution in [0.3, 0.4) is 0 Å². The molecule has 0 radical (unpaired) electrons. The van der Waals surface area contributed by atoms with E-state index in [1.807, 2.05) is 40.2 Å². The number of nitrogens with one attached hydrogen (secondary N) is 14. The molecule has 1 saturated heterocycles. The predicted molar refractivity (Wildman–Crippen MR) is 421 cm³/mol. The number of aryl methyl sites for hydroxylation is 1. The van der Waals surface area contributed by atoms with E-state index in [0.29, 0.717) is 27.6 Å². The fourth-order valence-electron chi connectivity index (χ4n) is 12.2. The molecule has 0 saturated carbocycles. The Kier molecular flexibility index (Phi) is 38.3. The minimum absolute atomic E-state index is 0.0998. The van der Waals surface area contributed by atoms with Crippen molar-refractivity contribution in [2.24, 2.45) is 17.4 Å². The minimum Gasteiger partial charge on any atom is -0.481 e. The largest absolute Gasteiger partial charge is 0.481 e. The lowest BCUT2D eigenvalue weighted by Gasteiger charge is -2.30. The summed E-state index contributed by atoms with van der Waals surface area (Å²) >= 11 is 0. The maximum atomic E-state index is 14.9. The Morgan fingerprint density at radius 3 is 1.73 bits per heavy atom. The Morgan fingerprint density at radius 1 is 0.575 bits per heavy atom. The Hall–Kier alpha value is -13.7. The van der Waals surface area contributed by atoms with Crippen LogP contribution in [0.4, 0.5) is 5.69 Å². The molecular weight excluding hydrogens is 1580 g/mol. The van der Waals surface area contributed by atoms with E-state index in [9.17, 15) is 121 Å². The molecule has 2 heterocycles. The number of aromatic nitrogens is 1. The molecule has 4 unspecified atom stereocenters. The fourth-order valence-corrected chi connectivity index (χ4v) is 12.2.